The molecule has 6 nitrogen and oxygen atoms in total. The van der Waals surface area contributed by atoms with Gasteiger partial charge in [-0.25, -0.2) is 0 Å². The molecule has 1 saturated carbocycles. The Balaban J connectivity index is 1.58. The lowest BCUT2D eigenvalue weighted by molar-refractivity contribution is -0.0536. The number of hydrogen-bond donors (Lipinski definition) is 1. The minimum Gasteiger partial charge on any atom is -0.380 e. The second-order valence-corrected chi connectivity index (χ2v) is 8.46. The van der Waals surface area contributed by atoms with Crippen molar-refractivity contribution < 1.29 is 17.9 Å². The van der Waals surface area contributed by atoms with E-state index in [0.29, 0.717) is 25.7 Å². The van der Waals surface area contributed by atoms with Gasteiger partial charge in [-0.15, -0.1) is 0 Å². The van der Waals surface area contributed by atoms with Crippen molar-refractivity contribution in [1.82, 2.24) is 9.03 Å². The van der Waals surface area contributed by atoms with Gasteiger partial charge < -0.3 is 9.47 Å². The van der Waals surface area contributed by atoms with Crippen LogP contribution in [0.1, 0.15) is 24.8 Å². The molecule has 0 radical (unpaired) electrons. The number of hydrogen-bond acceptors (Lipinski definition) is 4. The summed E-state index contributed by atoms with van der Waals surface area (Å²) >= 11 is 0. The van der Waals surface area contributed by atoms with E-state index >= 15 is 0 Å². The molecule has 1 heterocycles. The third-order valence-electron chi connectivity index (χ3n) is 4.49. The van der Waals surface area contributed by atoms with Crippen LogP contribution in [-0.4, -0.2) is 51.7 Å². The minimum absolute atomic E-state index is 0.112. The fourth-order valence-electron chi connectivity index (χ4n) is 2.78. The van der Waals surface area contributed by atoms with Gasteiger partial charge in [0, 0.05) is 26.8 Å². The van der Waals surface area contributed by atoms with Crippen LogP contribution in [0.5, 0.6) is 0 Å². The van der Waals surface area contributed by atoms with Crippen molar-refractivity contribution in [3.63, 3.8) is 0 Å². The zero-order valence-electron chi connectivity index (χ0n) is 14.1. The molecule has 1 aliphatic heterocycles. The number of ether oxygens (including phenoxy) is 2. The maximum atomic E-state index is 12.6. The molecule has 1 saturated heterocycles. The van der Waals surface area contributed by atoms with E-state index in [9.17, 15) is 8.42 Å². The Hall–Kier alpha value is -0.990. The van der Waals surface area contributed by atoms with Crippen LogP contribution in [0.25, 0.3) is 0 Å². The topological polar surface area (TPSA) is 67.9 Å². The van der Waals surface area contributed by atoms with Gasteiger partial charge in [-0.3, -0.25) is 0 Å². The van der Waals surface area contributed by atoms with Crippen molar-refractivity contribution in [3.8, 4) is 0 Å². The molecule has 0 amide bonds. The second kappa shape index (κ2) is 7.93. The summed E-state index contributed by atoms with van der Waals surface area (Å²) in [6.45, 7) is 2.03. The van der Waals surface area contributed by atoms with Gasteiger partial charge >= 0.3 is 0 Å². The van der Waals surface area contributed by atoms with Crippen molar-refractivity contribution in [1.29, 1.82) is 0 Å². The smallest absolute Gasteiger partial charge is 0.279 e. The lowest BCUT2D eigenvalue weighted by atomic mass is 10.1. The molecule has 24 heavy (non-hydrogen) atoms. The minimum atomic E-state index is -3.59. The Morgan fingerprint density at radius 2 is 2.00 bits per heavy atom. The van der Waals surface area contributed by atoms with Crippen molar-refractivity contribution in [2.75, 3.05) is 26.9 Å². The number of benzene rings is 1. The van der Waals surface area contributed by atoms with Crippen LogP contribution in [-0.2, 0) is 26.2 Å². The normalized spacial score (nSPS) is 25.1. The summed E-state index contributed by atoms with van der Waals surface area (Å²) in [5.41, 5.74) is 0.951. The fraction of sp³-hybridized carbons (Fsp3) is 0.647. The molecule has 7 heteroatoms. The molecule has 2 aliphatic rings. The van der Waals surface area contributed by atoms with Crippen molar-refractivity contribution >= 4 is 10.2 Å². The van der Waals surface area contributed by atoms with Crippen LogP contribution in [0.15, 0.2) is 30.3 Å². The van der Waals surface area contributed by atoms with Crippen LogP contribution in [0.4, 0.5) is 0 Å². The second-order valence-electron chi connectivity index (χ2n) is 6.65. The summed E-state index contributed by atoms with van der Waals surface area (Å²) in [6, 6.07) is 9.21. The summed E-state index contributed by atoms with van der Waals surface area (Å²) in [4.78, 5) is 0. The van der Waals surface area contributed by atoms with Gasteiger partial charge in [0.25, 0.3) is 10.2 Å². The van der Waals surface area contributed by atoms with Crippen LogP contribution in [0.3, 0.4) is 0 Å². The first-order valence-corrected chi connectivity index (χ1v) is 9.95. The van der Waals surface area contributed by atoms with Crippen LogP contribution in [0.2, 0.25) is 0 Å². The maximum Gasteiger partial charge on any atom is 0.279 e. The van der Waals surface area contributed by atoms with Crippen LogP contribution < -0.4 is 4.72 Å². The van der Waals surface area contributed by atoms with Gasteiger partial charge in [-0.2, -0.15) is 17.4 Å². The molecular weight excluding hydrogens is 328 g/mol. The first-order valence-electron chi connectivity index (χ1n) is 8.51. The van der Waals surface area contributed by atoms with Gasteiger partial charge in [0.1, 0.15) is 0 Å². The predicted octanol–water partition coefficient (Wildman–Crippen LogP) is 1.54. The molecule has 2 atom stereocenters. The van der Waals surface area contributed by atoms with E-state index in [0.717, 1.165) is 18.6 Å². The van der Waals surface area contributed by atoms with Gasteiger partial charge in [-0.05, 0) is 30.7 Å². The molecule has 0 bridgehead atoms. The van der Waals surface area contributed by atoms with Gasteiger partial charge in [0.15, 0.2) is 0 Å². The first-order chi connectivity index (χ1) is 11.5. The third-order valence-corrected chi connectivity index (χ3v) is 6.04. The molecule has 0 spiro atoms. The molecule has 0 aromatic heterocycles. The van der Waals surface area contributed by atoms with Crippen molar-refractivity contribution in [2.24, 2.45) is 5.92 Å². The van der Waals surface area contributed by atoms with Gasteiger partial charge in [-0.1, -0.05) is 30.3 Å². The maximum absolute atomic E-state index is 12.6. The summed E-state index contributed by atoms with van der Waals surface area (Å²) in [6.07, 6.45) is 3.06. The molecule has 1 aromatic rings. The number of nitrogens with one attached hydrogen (secondary N) is 1. The van der Waals surface area contributed by atoms with E-state index in [1.807, 2.05) is 30.3 Å². The summed E-state index contributed by atoms with van der Waals surface area (Å²) in [7, 11) is -2.01. The molecule has 2 fully saturated rings. The van der Waals surface area contributed by atoms with E-state index < -0.39 is 10.2 Å². The first kappa shape index (κ1) is 17.8. The molecule has 1 aliphatic carbocycles. The highest BCUT2D eigenvalue weighted by atomic mass is 32.2. The Morgan fingerprint density at radius 3 is 2.71 bits per heavy atom. The highest BCUT2D eigenvalue weighted by molar-refractivity contribution is 7.87. The zero-order chi connectivity index (χ0) is 17.0. The van der Waals surface area contributed by atoms with Crippen LogP contribution in [0, 0.1) is 5.92 Å². The summed E-state index contributed by atoms with van der Waals surface area (Å²) < 4.78 is 40.7. The lowest BCUT2D eigenvalue weighted by Gasteiger charge is -2.33. The molecule has 134 valence electrons. The van der Waals surface area contributed by atoms with Crippen molar-refractivity contribution in [3.05, 3.63) is 35.9 Å². The Labute approximate surface area is 144 Å². The standard InChI is InChI=1S/C17H26N2O4S/c1-19(11-14-5-3-2-4-6-14)24(20,21)18-16-13-22-10-9-17(16)23-12-15-7-8-15/h2-6,15-18H,7-13H2,1H3/t16-,17+/m1/s1. The zero-order valence-corrected chi connectivity index (χ0v) is 14.9. The predicted molar refractivity (Wildman–Crippen MR) is 91.7 cm³/mol. The molecule has 1 N–H and O–H groups in total. The number of rotatable bonds is 8. The quantitative estimate of drug-likeness (QED) is 0.769. The Bertz CT molecular complexity index is 619. The van der Waals surface area contributed by atoms with Crippen molar-refractivity contribution in [2.45, 2.75) is 38.0 Å². The number of nitrogens with zero attached hydrogens (tertiary/aromatic N) is 1. The van der Waals surface area contributed by atoms with Gasteiger partial charge in [0.2, 0.25) is 0 Å². The Morgan fingerprint density at radius 1 is 1.25 bits per heavy atom. The van der Waals surface area contributed by atoms with E-state index in [1.54, 1.807) is 7.05 Å². The lowest BCUT2D eigenvalue weighted by Crippen LogP contribution is -2.53. The fourth-order valence-corrected chi connectivity index (χ4v) is 3.88. The van der Waals surface area contributed by atoms with E-state index in [1.165, 1.54) is 17.1 Å². The third kappa shape index (κ3) is 5.00. The highest BCUT2D eigenvalue weighted by Crippen LogP contribution is 2.30. The van der Waals surface area contributed by atoms with E-state index in [-0.39, 0.29) is 12.1 Å². The molecule has 1 aromatic carbocycles. The SMILES string of the molecule is CN(Cc1ccccc1)S(=O)(=O)N[C@@H]1COCC[C@@H]1OCC1CC1. The average Bonchev–Trinajstić information content (AvgIpc) is 3.39. The van der Waals surface area contributed by atoms with Gasteiger partial charge in [0.05, 0.1) is 18.8 Å². The molecule has 0 unspecified atom stereocenters. The van der Waals surface area contributed by atoms with Crippen LogP contribution >= 0.6 is 0 Å². The molecule has 3 rings (SSSR count). The highest BCUT2D eigenvalue weighted by Gasteiger charge is 2.33. The largest absolute Gasteiger partial charge is 0.380 e. The monoisotopic (exact) mass is 354 g/mol. The Kier molecular flexibility index (Phi) is 5.89. The molecular formula is C17H26N2O4S. The van der Waals surface area contributed by atoms with E-state index in [2.05, 4.69) is 4.72 Å². The van der Waals surface area contributed by atoms with E-state index in [4.69, 9.17) is 9.47 Å². The summed E-state index contributed by atoms with van der Waals surface area (Å²) in [5, 5.41) is 0. The average molecular weight is 354 g/mol. The summed E-state index contributed by atoms with van der Waals surface area (Å²) in [5.74, 6) is 0.658.